The molecule has 0 aliphatic carbocycles. The first-order valence-electron chi connectivity index (χ1n) is 8.96. The number of rotatable bonds is 11. The van der Waals surface area contributed by atoms with Crippen molar-refractivity contribution in [3.05, 3.63) is 0 Å². The van der Waals surface area contributed by atoms with Gasteiger partial charge in [-0.05, 0) is 24.2 Å². The molecule has 0 spiro atoms. The van der Waals surface area contributed by atoms with Crippen LogP contribution in [-0.4, -0.2) is 61.3 Å². The average molecular weight is 421 g/mol. The van der Waals surface area contributed by atoms with Crippen LogP contribution in [0, 0.1) is 11.3 Å². The monoisotopic (exact) mass is 420 g/mol. The summed E-state index contributed by atoms with van der Waals surface area (Å²) in [6, 6.07) is 0. The van der Waals surface area contributed by atoms with Crippen molar-refractivity contribution in [2.75, 3.05) is 37.7 Å². The van der Waals surface area contributed by atoms with Crippen LogP contribution in [0.3, 0.4) is 0 Å². The summed E-state index contributed by atoms with van der Waals surface area (Å²) in [4.78, 5) is 46.3. The van der Waals surface area contributed by atoms with Gasteiger partial charge in [0.2, 0.25) is 0 Å². The summed E-state index contributed by atoms with van der Waals surface area (Å²) >= 11 is 7.93. The van der Waals surface area contributed by atoms with Gasteiger partial charge in [-0.1, -0.05) is 20.8 Å². The second-order valence-corrected chi connectivity index (χ2v) is 8.04. The minimum Gasteiger partial charge on any atom is -0.348 e. The Kier molecular flexibility index (Phi) is 13.0. The van der Waals surface area contributed by atoms with Crippen LogP contribution in [0.25, 0.3) is 0 Å². The Labute approximate surface area is 172 Å². The Morgan fingerprint density at radius 3 is 1.63 bits per heavy atom. The minimum absolute atomic E-state index is 0.104. The number of carbonyl (C=O) groups is 4. The Morgan fingerprint density at radius 2 is 1.19 bits per heavy atom. The third kappa shape index (κ3) is 12.6. The molecule has 0 aromatic heterocycles. The van der Waals surface area contributed by atoms with Gasteiger partial charge in [0.15, 0.2) is 0 Å². The second-order valence-electron chi connectivity index (χ2n) is 7.15. The van der Waals surface area contributed by atoms with E-state index in [1.165, 1.54) is 0 Å². The van der Waals surface area contributed by atoms with Gasteiger partial charge in [-0.3, -0.25) is 19.2 Å². The lowest BCUT2D eigenvalue weighted by Gasteiger charge is -2.28. The Morgan fingerprint density at radius 1 is 0.778 bits per heavy atom. The molecule has 8 nitrogen and oxygen atoms in total. The number of hydrogen-bond donors (Lipinski definition) is 6. The molecule has 4 N–H and O–H groups in total. The fourth-order valence-corrected chi connectivity index (χ4v) is 2.78. The van der Waals surface area contributed by atoms with Crippen LogP contribution < -0.4 is 21.3 Å². The van der Waals surface area contributed by atoms with Crippen LogP contribution in [0.15, 0.2) is 0 Å². The molecule has 1 atom stereocenters. The third-order valence-electron chi connectivity index (χ3n) is 3.81. The first-order chi connectivity index (χ1) is 12.6. The van der Waals surface area contributed by atoms with Crippen LogP contribution in [0.4, 0.5) is 0 Å². The highest BCUT2D eigenvalue weighted by molar-refractivity contribution is 7.80. The maximum absolute atomic E-state index is 11.7. The van der Waals surface area contributed by atoms with Crippen molar-refractivity contribution in [2.45, 2.75) is 33.6 Å². The van der Waals surface area contributed by atoms with E-state index in [9.17, 15) is 19.2 Å². The molecule has 0 aromatic rings. The summed E-state index contributed by atoms with van der Waals surface area (Å²) in [5.41, 5.74) is -0.104. The summed E-state index contributed by atoms with van der Waals surface area (Å²) in [5, 5.41) is 10.1. The van der Waals surface area contributed by atoms with E-state index in [1.807, 2.05) is 6.92 Å². The van der Waals surface area contributed by atoms with E-state index in [1.54, 1.807) is 0 Å². The van der Waals surface area contributed by atoms with Gasteiger partial charge in [0, 0.05) is 37.7 Å². The van der Waals surface area contributed by atoms with E-state index in [-0.39, 0.29) is 11.3 Å². The molecule has 0 heterocycles. The molecule has 0 radical (unpaired) electrons. The number of hydrogen-bond acceptors (Lipinski definition) is 6. The molecule has 10 heteroatoms. The van der Waals surface area contributed by atoms with Gasteiger partial charge in [0.1, 0.15) is 0 Å². The van der Waals surface area contributed by atoms with Crippen molar-refractivity contribution in [1.29, 1.82) is 0 Å². The quantitative estimate of drug-likeness (QED) is 0.204. The van der Waals surface area contributed by atoms with Gasteiger partial charge in [-0.2, -0.15) is 25.3 Å². The van der Waals surface area contributed by atoms with Crippen molar-refractivity contribution in [1.82, 2.24) is 21.3 Å². The lowest BCUT2D eigenvalue weighted by atomic mass is 9.80. The van der Waals surface area contributed by atoms with Crippen molar-refractivity contribution in [2.24, 2.45) is 11.3 Å². The van der Waals surface area contributed by atoms with Gasteiger partial charge in [-0.25, -0.2) is 0 Å². The molecule has 4 amide bonds. The molecule has 27 heavy (non-hydrogen) atoms. The standard InChI is InChI=1S/C17H32N4O4S2/c1-12(11-21-16(25)15(24)20-7-9-27)10-17(2,3)4-5-18-13(22)14(23)19-6-8-26/h12,26-27H,4-11H2,1-3H3,(H,18,22)(H,19,23)(H,20,24)(H,21,25). The predicted molar refractivity (Wildman–Crippen MR) is 112 cm³/mol. The zero-order valence-corrected chi connectivity index (χ0v) is 18.1. The smallest absolute Gasteiger partial charge is 0.309 e. The van der Waals surface area contributed by atoms with E-state index in [0.29, 0.717) is 44.1 Å². The lowest BCUT2D eigenvalue weighted by Crippen LogP contribution is -2.43. The summed E-state index contributed by atoms with van der Waals surface area (Å²) in [7, 11) is 0. The Balaban J connectivity index is 4.15. The second kappa shape index (κ2) is 13.7. The number of amides is 4. The van der Waals surface area contributed by atoms with Gasteiger partial charge in [-0.15, -0.1) is 0 Å². The average Bonchev–Trinajstić information content (AvgIpc) is 2.61. The van der Waals surface area contributed by atoms with E-state index < -0.39 is 23.6 Å². The first-order valence-corrected chi connectivity index (χ1v) is 10.2. The van der Waals surface area contributed by atoms with Crippen LogP contribution in [0.5, 0.6) is 0 Å². The molecule has 0 aliphatic heterocycles. The summed E-state index contributed by atoms with van der Waals surface area (Å²) in [6.45, 7) is 7.54. The van der Waals surface area contributed by atoms with Crippen LogP contribution in [0.1, 0.15) is 33.6 Å². The van der Waals surface area contributed by atoms with Crippen LogP contribution >= 0.6 is 25.3 Å². The number of carbonyl (C=O) groups excluding carboxylic acids is 4. The summed E-state index contributed by atoms with van der Waals surface area (Å²) in [6.07, 6.45) is 1.46. The van der Waals surface area contributed by atoms with E-state index in [2.05, 4.69) is 60.4 Å². The predicted octanol–water partition coefficient (Wildman–Crippen LogP) is -0.247. The van der Waals surface area contributed by atoms with Crippen molar-refractivity contribution in [3.63, 3.8) is 0 Å². The molecule has 0 rings (SSSR count). The molecule has 0 bridgehead atoms. The van der Waals surface area contributed by atoms with Gasteiger partial charge < -0.3 is 21.3 Å². The summed E-state index contributed by atoms with van der Waals surface area (Å²) < 4.78 is 0. The highest BCUT2D eigenvalue weighted by Gasteiger charge is 2.23. The zero-order chi connectivity index (χ0) is 20.9. The minimum atomic E-state index is -0.658. The molecule has 0 aliphatic rings. The molecule has 0 saturated heterocycles. The van der Waals surface area contributed by atoms with Gasteiger partial charge in [0.05, 0.1) is 0 Å². The third-order valence-corrected chi connectivity index (χ3v) is 4.25. The topological polar surface area (TPSA) is 116 Å². The van der Waals surface area contributed by atoms with Gasteiger partial charge >= 0.3 is 23.6 Å². The SMILES string of the molecule is CC(CNC(=O)C(=O)NCCS)CC(C)(C)CCNC(=O)C(=O)NCCS. The van der Waals surface area contributed by atoms with Crippen LogP contribution in [-0.2, 0) is 19.2 Å². The fraction of sp³-hybridized carbons (Fsp3) is 0.765. The fourth-order valence-electron chi connectivity index (χ4n) is 2.56. The summed E-state index contributed by atoms with van der Waals surface area (Å²) in [5.74, 6) is -1.53. The lowest BCUT2D eigenvalue weighted by molar-refractivity contribution is -0.139. The molecule has 156 valence electrons. The number of nitrogens with one attached hydrogen (secondary N) is 4. The molecular formula is C17H32N4O4S2. The van der Waals surface area contributed by atoms with Crippen molar-refractivity contribution in [3.8, 4) is 0 Å². The molecule has 0 saturated carbocycles. The maximum atomic E-state index is 11.7. The van der Waals surface area contributed by atoms with Crippen LogP contribution in [0.2, 0.25) is 0 Å². The zero-order valence-electron chi connectivity index (χ0n) is 16.3. The van der Waals surface area contributed by atoms with Crippen molar-refractivity contribution < 1.29 is 19.2 Å². The highest BCUT2D eigenvalue weighted by Crippen LogP contribution is 2.28. The first kappa shape index (κ1) is 25.6. The Hall–Kier alpha value is -1.42. The number of thiol groups is 2. The molecule has 1 unspecified atom stereocenters. The van der Waals surface area contributed by atoms with E-state index >= 15 is 0 Å². The molecule has 0 fully saturated rings. The largest absolute Gasteiger partial charge is 0.348 e. The van der Waals surface area contributed by atoms with Gasteiger partial charge in [0.25, 0.3) is 0 Å². The maximum Gasteiger partial charge on any atom is 0.309 e. The highest BCUT2D eigenvalue weighted by atomic mass is 32.1. The molecule has 0 aromatic carbocycles. The Bertz CT molecular complexity index is 515. The molecular weight excluding hydrogens is 388 g/mol. The van der Waals surface area contributed by atoms with E-state index in [0.717, 1.165) is 6.42 Å². The van der Waals surface area contributed by atoms with E-state index in [4.69, 9.17) is 0 Å². The van der Waals surface area contributed by atoms with Crippen molar-refractivity contribution >= 4 is 48.9 Å². The normalized spacial score (nSPS) is 12.0.